The van der Waals surface area contributed by atoms with Crippen LogP contribution in [-0.4, -0.2) is 35.0 Å². The fourth-order valence-corrected chi connectivity index (χ4v) is 3.87. The number of rotatable bonds is 3. The predicted octanol–water partition coefficient (Wildman–Crippen LogP) is 5.16. The topological polar surface area (TPSA) is 57.6 Å². The molecule has 4 heteroatoms. The minimum Gasteiger partial charge on any atom is -0.478 e. The molecule has 4 rings (SSSR count). The van der Waals surface area contributed by atoms with E-state index in [4.69, 9.17) is 5.11 Å². The second kappa shape index (κ2) is 8.59. The molecule has 1 aliphatic carbocycles. The number of hydrogen-bond acceptors (Lipinski definition) is 2. The number of carboxylic acids is 1. The molecule has 1 aliphatic heterocycles. The van der Waals surface area contributed by atoms with Crippen molar-refractivity contribution in [1.82, 2.24) is 4.90 Å². The summed E-state index contributed by atoms with van der Waals surface area (Å²) < 4.78 is 0. The minimum absolute atomic E-state index is 0.331. The van der Waals surface area contributed by atoms with Crippen LogP contribution in [0.25, 0.3) is 11.1 Å². The zero-order valence-electron chi connectivity index (χ0n) is 16.8. The Kier molecular flexibility index (Phi) is 6.18. The van der Waals surface area contributed by atoms with E-state index in [2.05, 4.69) is 0 Å². The molecule has 2 fully saturated rings. The SMILES string of the molecule is CCC(=O)N1CCC2(CC1)CC2.Cc1cc(C(=O)O)ccc1-c1ccccc1. The van der Waals surface area contributed by atoms with Crippen LogP contribution >= 0.6 is 0 Å². The van der Waals surface area contributed by atoms with Gasteiger partial charge in [-0.2, -0.15) is 0 Å². The number of hydrogen-bond donors (Lipinski definition) is 1. The number of carbonyl (C=O) groups excluding carboxylic acids is 1. The van der Waals surface area contributed by atoms with Gasteiger partial charge in [-0.25, -0.2) is 4.79 Å². The van der Waals surface area contributed by atoms with Crippen molar-refractivity contribution < 1.29 is 14.7 Å². The lowest BCUT2D eigenvalue weighted by atomic mass is 9.93. The van der Waals surface area contributed by atoms with E-state index in [0.717, 1.165) is 29.8 Å². The summed E-state index contributed by atoms with van der Waals surface area (Å²) in [7, 11) is 0. The molecule has 0 aromatic heterocycles. The first-order valence-corrected chi connectivity index (χ1v) is 10.1. The monoisotopic (exact) mass is 379 g/mol. The van der Waals surface area contributed by atoms with Gasteiger partial charge in [0.25, 0.3) is 0 Å². The Morgan fingerprint density at radius 1 is 1.00 bits per heavy atom. The van der Waals surface area contributed by atoms with Crippen LogP contribution in [0.15, 0.2) is 48.5 Å². The quantitative estimate of drug-likeness (QED) is 0.801. The molecule has 0 atom stereocenters. The highest BCUT2D eigenvalue weighted by Gasteiger charge is 2.44. The Hall–Kier alpha value is -2.62. The Morgan fingerprint density at radius 3 is 2.14 bits per heavy atom. The van der Waals surface area contributed by atoms with Crippen molar-refractivity contribution in [2.24, 2.45) is 5.41 Å². The van der Waals surface area contributed by atoms with E-state index < -0.39 is 5.97 Å². The second-order valence-corrected chi connectivity index (χ2v) is 7.94. The number of nitrogens with zero attached hydrogens (tertiary/aromatic N) is 1. The average molecular weight is 380 g/mol. The molecule has 1 amide bonds. The molecule has 2 aromatic carbocycles. The molecule has 1 saturated carbocycles. The first kappa shape index (κ1) is 20.1. The van der Waals surface area contributed by atoms with Gasteiger partial charge >= 0.3 is 5.97 Å². The largest absolute Gasteiger partial charge is 0.478 e. The molecule has 2 aromatic rings. The van der Waals surface area contributed by atoms with Gasteiger partial charge in [0.2, 0.25) is 5.91 Å². The lowest BCUT2D eigenvalue weighted by molar-refractivity contribution is -0.132. The van der Waals surface area contributed by atoms with E-state index in [1.165, 1.54) is 25.7 Å². The number of aromatic carboxylic acids is 1. The summed E-state index contributed by atoms with van der Waals surface area (Å²) in [5.41, 5.74) is 4.19. The van der Waals surface area contributed by atoms with Crippen molar-refractivity contribution in [2.75, 3.05) is 13.1 Å². The van der Waals surface area contributed by atoms with Gasteiger partial charge in [0, 0.05) is 19.5 Å². The first-order valence-electron chi connectivity index (χ1n) is 10.1. The Labute approximate surface area is 167 Å². The highest BCUT2D eigenvalue weighted by molar-refractivity contribution is 5.89. The van der Waals surface area contributed by atoms with Crippen LogP contribution in [0.3, 0.4) is 0 Å². The number of amides is 1. The third kappa shape index (κ3) is 4.80. The maximum Gasteiger partial charge on any atom is 0.335 e. The van der Waals surface area contributed by atoms with Gasteiger partial charge in [0.1, 0.15) is 0 Å². The molecular formula is C24H29NO3. The van der Waals surface area contributed by atoms with Crippen molar-refractivity contribution in [2.45, 2.75) is 46.0 Å². The Bertz CT molecular complexity index is 830. The molecule has 1 heterocycles. The van der Waals surface area contributed by atoms with Gasteiger partial charge in [0.15, 0.2) is 0 Å². The number of benzene rings is 2. The predicted molar refractivity (Wildman–Crippen MR) is 111 cm³/mol. The van der Waals surface area contributed by atoms with Crippen molar-refractivity contribution in [3.05, 3.63) is 59.7 Å². The Balaban J connectivity index is 0.000000167. The van der Waals surface area contributed by atoms with Gasteiger partial charge in [-0.15, -0.1) is 0 Å². The third-order valence-electron chi connectivity index (χ3n) is 5.99. The van der Waals surface area contributed by atoms with Crippen LogP contribution in [0, 0.1) is 12.3 Å². The number of carboxylic acid groups (broad SMARTS) is 1. The number of carbonyl (C=O) groups is 2. The molecule has 4 nitrogen and oxygen atoms in total. The number of piperidine rings is 1. The molecular weight excluding hydrogens is 350 g/mol. The van der Waals surface area contributed by atoms with Crippen molar-refractivity contribution in [1.29, 1.82) is 0 Å². The van der Waals surface area contributed by atoms with E-state index in [1.54, 1.807) is 12.1 Å². The molecule has 1 N–H and O–H groups in total. The molecule has 2 aliphatic rings. The van der Waals surface area contributed by atoms with Crippen molar-refractivity contribution in [3.8, 4) is 11.1 Å². The lowest BCUT2D eigenvalue weighted by Gasteiger charge is -2.31. The maximum atomic E-state index is 11.3. The van der Waals surface area contributed by atoms with Crippen LogP contribution in [0.5, 0.6) is 0 Å². The van der Waals surface area contributed by atoms with E-state index >= 15 is 0 Å². The normalized spacial score (nSPS) is 16.9. The van der Waals surface area contributed by atoms with Crippen molar-refractivity contribution >= 4 is 11.9 Å². The van der Waals surface area contributed by atoms with Gasteiger partial charge in [0.05, 0.1) is 5.56 Å². The highest BCUT2D eigenvalue weighted by atomic mass is 16.4. The molecule has 0 bridgehead atoms. The van der Waals surface area contributed by atoms with Crippen molar-refractivity contribution in [3.63, 3.8) is 0 Å². The van der Waals surface area contributed by atoms with Crippen LogP contribution in [0.4, 0.5) is 0 Å². The highest BCUT2D eigenvalue weighted by Crippen LogP contribution is 2.53. The molecule has 0 radical (unpaired) electrons. The van der Waals surface area contributed by atoms with Crippen LogP contribution in [0.2, 0.25) is 0 Å². The van der Waals surface area contributed by atoms with E-state index in [-0.39, 0.29) is 0 Å². The van der Waals surface area contributed by atoms with Gasteiger partial charge in [-0.3, -0.25) is 4.79 Å². The summed E-state index contributed by atoms with van der Waals surface area (Å²) in [4.78, 5) is 24.2. The zero-order valence-corrected chi connectivity index (χ0v) is 16.8. The molecule has 1 spiro atoms. The van der Waals surface area contributed by atoms with E-state index in [9.17, 15) is 9.59 Å². The average Bonchev–Trinajstić information content (AvgIpc) is 3.47. The van der Waals surface area contributed by atoms with Gasteiger partial charge in [-0.1, -0.05) is 43.3 Å². The van der Waals surface area contributed by atoms with Crippen LogP contribution < -0.4 is 0 Å². The van der Waals surface area contributed by atoms with E-state index in [0.29, 0.717) is 23.3 Å². The number of likely N-dealkylation sites (tertiary alicyclic amines) is 1. The van der Waals surface area contributed by atoms with Crippen LogP contribution in [-0.2, 0) is 4.79 Å². The summed E-state index contributed by atoms with van der Waals surface area (Å²) in [6, 6.07) is 15.1. The molecule has 1 saturated heterocycles. The summed E-state index contributed by atoms with van der Waals surface area (Å²) in [6.45, 7) is 5.91. The fourth-order valence-electron chi connectivity index (χ4n) is 3.87. The fraction of sp³-hybridized carbons (Fsp3) is 0.417. The van der Waals surface area contributed by atoms with Crippen LogP contribution in [0.1, 0.15) is 54.9 Å². The summed E-state index contributed by atoms with van der Waals surface area (Å²) in [5.74, 6) is -0.548. The molecule has 0 unspecified atom stereocenters. The minimum atomic E-state index is -0.886. The second-order valence-electron chi connectivity index (χ2n) is 7.94. The lowest BCUT2D eigenvalue weighted by Crippen LogP contribution is -2.38. The van der Waals surface area contributed by atoms with E-state index in [1.807, 2.05) is 55.1 Å². The summed E-state index contributed by atoms with van der Waals surface area (Å²) >= 11 is 0. The molecule has 148 valence electrons. The van der Waals surface area contributed by atoms with Gasteiger partial charge < -0.3 is 10.0 Å². The number of aryl methyl sites for hydroxylation is 1. The van der Waals surface area contributed by atoms with Gasteiger partial charge in [-0.05, 0) is 66.8 Å². The maximum absolute atomic E-state index is 11.3. The third-order valence-corrected chi connectivity index (χ3v) is 5.99. The standard InChI is InChI=1S/C14H12O2.C10H17NO/c1-10-9-12(14(15)16)7-8-13(10)11-5-3-2-4-6-11;1-2-9(12)11-7-5-10(3-4-10)6-8-11/h2-9H,1H3,(H,15,16);2-8H2,1H3. The zero-order chi connectivity index (χ0) is 20.1. The summed E-state index contributed by atoms with van der Waals surface area (Å²) in [5, 5.41) is 8.87. The molecule has 28 heavy (non-hydrogen) atoms. The summed E-state index contributed by atoms with van der Waals surface area (Å²) in [6.07, 6.45) is 6.03. The first-order chi connectivity index (χ1) is 13.4. The Morgan fingerprint density at radius 2 is 1.64 bits per heavy atom. The smallest absolute Gasteiger partial charge is 0.335 e.